The van der Waals surface area contributed by atoms with Gasteiger partial charge in [0.25, 0.3) is 0 Å². The first-order chi connectivity index (χ1) is 14.8. The zero-order valence-electron chi connectivity index (χ0n) is 17.5. The molecule has 0 radical (unpaired) electrons. The normalized spacial score (nSPS) is 18.4. The minimum Gasteiger partial charge on any atom is -0.361 e. The van der Waals surface area contributed by atoms with Gasteiger partial charge in [0, 0.05) is 29.2 Å². The average Bonchev–Trinajstić information content (AvgIpc) is 3.32. The van der Waals surface area contributed by atoms with Crippen molar-refractivity contribution < 1.29 is 4.79 Å². The van der Waals surface area contributed by atoms with Crippen LogP contribution in [-0.4, -0.2) is 21.0 Å². The zero-order chi connectivity index (χ0) is 22.1. The number of carbonyl (C=O) groups is 1. The Morgan fingerprint density at radius 1 is 1.23 bits per heavy atom. The molecule has 160 valence electrons. The number of aryl methyl sites for hydroxylation is 1. The molecule has 3 heterocycles. The molecule has 0 spiro atoms. The number of anilines is 2. The summed E-state index contributed by atoms with van der Waals surface area (Å²) in [4.78, 5) is 22.1. The number of aromatic nitrogens is 2. The molecule has 1 aliphatic rings. The van der Waals surface area contributed by atoms with Crippen molar-refractivity contribution >= 4 is 46.2 Å². The lowest BCUT2D eigenvalue weighted by atomic mass is 10.0. The number of aromatic amines is 1. The van der Waals surface area contributed by atoms with Crippen molar-refractivity contribution in [2.75, 3.05) is 10.2 Å². The Bertz CT molecular complexity index is 1110. The van der Waals surface area contributed by atoms with E-state index in [1.807, 2.05) is 68.1 Å². The fourth-order valence-electron chi connectivity index (χ4n) is 3.68. The highest BCUT2D eigenvalue weighted by Crippen LogP contribution is 2.42. The molecule has 0 bridgehead atoms. The molecule has 1 aliphatic heterocycles. The van der Waals surface area contributed by atoms with Crippen LogP contribution in [0.5, 0.6) is 0 Å². The van der Waals surface area contributed by atoms with E-state index in [1.165, 1.54) is 0 Å². The van der Waals surface area contributed by atoms with E-state index in [0.29, 0.717) is 15.8 Å². The Labute approximate surface area is 192 Å². The number of rotatable bonds is 5. The number of nitrogens with zero attached hydrogens (tertiary/aromatic N) is 2. The molecule has 1 fully saturated rings. The van der Waals surface area contributed by atoms with Crippen LogP contribution in [0.4, 0.5) is 11.4 Å². The van der Waals surface area contributed by atoms with Gasteiger partial charge in [0.05, 0.1) is 22.4 Å². The molecule has 31 heavy (non-hydrogen) atoms. The number of thiocarbonyl (C=S) groups is 1. The molecular weight excluding hydrogens is 430 g/mol. The molecule has 2 aromatic heterocycles. The van der Waals surface area contributed by atoms with E-state index < -0.39 is 0 Å². The predicted octanol–water partition coefficient (Wildman–Crippen LogP) is 5.14. The number of pyridine rings is 1. The van der Waals surface area contributed by atoms with Crippen molar-refractivity contribution in [1.29, 1.82) is 0 Å². The standard InChI is InChI=1S/C23H24ClN5OS/c1-13(2)22(30)27-17-10-8-15(12-16(17)24)29-21(19-9-7-14(3)26-19)20(28-23(29)31)18-6-4-5-11-25-18/h4-13,20-21,26H,1-3H3,(H,27,30)(H,28,31)/t20-,21+/m0/s1. The Kier molecular flexibility index (Phi) is 5.98. The van der Waals surface area contributed by atoms with Gasteiger partial charge in [0.2, 0.25) is 5.91 Å². The zero-order valence-corrected chi connectivity index (χ0v) is 19.1. The van der Waals surface area contributed by atoms with Crippen molar-refractivity contribution in [2.45, 2.75) is 32.9 Å². The number of amides is 1. The third-order valence-corrected chi connectivity index (χ3v) is 5.91. The van der Waals surface area contributed by atoms with Gasteiger partial charge in [-0.3, -0.25) is 9.78 Å². The second-order valence-electron chi connectivity index (χ2n) is 7.90. The van der Waals surface area contributed by atoms with Gasteiger partial charge in [-0.15, -0.1) is 0 Å². The summed E-state index contributed by atoms with van der Waals surface area (Å²) >= 11 is 12.3. The van der Waals surface area contributed by atoms with E-state index in [0.717, 1.165) is 22.8 Å². The first-order valence-corrected chi connectivity index (χ1v) is 10.9. The Hall–Kier alpha value is -2.90. The second kappa shape index (κ2) is 8.69. The van der Waals surface area contributed by atoms with Gasteiger partial charge in [-0.05, 0) is 61.6 Å². The lowest BCUT2D eigenvalue weighted by molar-refractivity contribution is -0.118. The second-order valence-corrected chi connectivity index (χ2v) is 8.70. The fraction of sp³-hybridized carbons (Fsp3) is 0.261. The van der Waals surface area contributed by atoms with Crippen LogP contribution in [0.1, 0.15) is 43.0 Å². The molecule has 0 unspecified atom stereocenters. The van der Waals surface area contributed by atoms with Crippen LogP contribution in [0.15, 0.2) is 54.7 Å². The quantitative estimate of drug-likeness (QED) is 0.466. The number of carbonyl (C=O) groups excluding carboxylic acids is 1. The van der Waals surface area contributed by atoms with Crippen molar-refractivity contribution in [3.63, 3.8) is 0 Å². The monoisotopic (exact) mass is 453 g/mol. The molecular formula is C23H24ClN5OS. The molecule has 3 N–H and O–H groups in total. The summed E-state index contributed by atoms with van der Waals surface area (Å²) in [6.45, 7) is 5.70. The Balaban J connectivity index is 1.73. The van der Waals surface area contributed by atoms with E-state index in [2.05, 4.69) is 26.7 Å². The predicted molar refractivity (Wildman–Crippen MR) is 128 cm³/mol. The molecule has 6 nitrogen and oxygen atoms in total. The fourth-order valence-corrected chi connectivity index (χ4v) is 4.25. The van der Waals surface area contributed by atoms with Crippen LogP contribution in [0.2, 0.25) is 5.02 Å². The summed E-state index contributed by atoms with van der Waals surface area (Å²) in [5.74, 6) is -0.214. The molecule has 1 amide bonds. The number of H-pyrrole nitrogens is 1. The van der Waals surface area contributed by atoms with Gasteiger partial charge in [-0.2, -0.15) is 0 Å². The van der Waals surface area contributed by atoms with Crippen molar-refractivity contribution in [2.24, 2.45) is 5.92 Å². The van der Waals surface area contributed by atoms with Crippen LogP contribution in [0.3, 0.4) is 0 Å². The summed E-state index contributed by atoms with van der Waals surface area (Å²) in [7, 11) is 0. The number of halogens is 1. The minimum atomic E-state index is -0.136. The SMILES string of the molecule is Cc1ccc([C@@H]2[C@H](c3ccccn3)NC(=S)N2c2ccc(NC(=O)C(C)C)c(Cl)c2)[nH]1. The van der Waals surface area contributed by atoms with Crippen LogP contribution < -0.4 is 15.5 Å². The van der Waals surface area contributed by atoms with Crippen molar-refractivity contribution in [3.05, 3.63) is 76.8 Å². The summed E-state index contributed by atoms with van der Waals surface area (Å²) in [6, 6.07) is 15.3. The van der Waals surface area contributed by atoms with Gasteiger partial charge in [0.1, 0.15) is 6.04 Å². The molecule has 4 rings (SSSR count). The summed E-state index contributed by atoms with van der Waals surface area (Å²) in [5.41, 5.74) is 4.40. The van der Waals surface area contributed by atoms with E-state index >= 15 is 0 Å². The van der Waals surface area contributed by atoms with Gasteiger partial charge in [0.15, 0.2) is 5.11 Å². The van der Waals surface area contributed by atoms with Gasteiger partial charge in [-0.25, -0.2) is 0 Å². The smallest absolute Gasteiger partial charge is 0.226 e. The minimum absolute atomic E-state index is 0.0806. The van der Waals surface area contributed by atoms with Crippen LogP contribution >= 0.6 is 23.8 Å². The maximum absolute atomic E-state index is 12.1. The molecule has 2 atom stereocenters. The highest BCUT2D eigenvalue weighted by molar-refractivity contribution is 7.80. The summed E-state index contributed by atoms with van der Waals surface area (Å²) < 4.78 is 0. The molecule has 0 aliphatic carbocycles. The molecule has 1 saturated heterocycles. The first kappa shape index (κ1) is 21.3. The Morgan fingerprint density at radius 3 is 2.65 bits per heavy atom. The van der Waals surface area contributed by atoms with Crippen LogP contribution in [0.25, 0.3) is 0 Å². The van der Waals surface area contributed by atoms with Crippen LogP contribution in [-0.2, 0) is 4.79 Å². The van der Waals surface area contributed by atoms with E-state index in [9.17, 15) is 4.79 Å². The molecule has 0 saturated carbocycles. The highest BCUT2D eigenvalue weighted by Gasteiger charge is 2.41. The van der Waals surface area contributed by atoms with E-state index in [1.54, 1.807) is 6.20 Å². The molecule has 8 heteroatoms. The van der Waals surface area contributed by atoms with E-state index in [-0.39, 0.29) is 23.9 Å². The third kappa shape index (κ3) is 4.29. The van der Waals surface area contributed by atoms with Gasteiger partial charge < -0.3 is 20.5 Å². The Morgan fingerprint density at radius 2 is 2.03 bits per heavy atom. The maximum atomic E-state index is 12.1. The summed E-state index contributed by atoms with van der Waals surface area (Å²) in [5, 5.41) is 7.33. The van der Waals surface area contributed by atoms with Gasteiger partial charge in [-0.1, -0.05) is 31.5 Å². The number of nitrogens with one attached hydrogen (secondary N) is 3. The summed E-state index contributed by atoms with van der Waals surface area (Å²) in [6.07, 6.45) is 1.78. The highest BCUT2D eigenvalue weighted by atomic mass is 35.5. The average molecular weight is 454 g/mol. The van der Waals surface area contributed by atoms with Crippen LogP contribution in [0, 0.1) is 12.8 Å². The largest absolute Gasteiger partial charge is 0.361 e. The lowest BCUT2D eigenvalue weighted by Crippen LogP contribution is -2.29. The maximum Gasteiger partial charge on any atom is 0.226 e. The number of hydrogen-bond donors (Lipinski definition) is 3. The number of benzene rings is 1. The van der Waals surface area contributed by atoms with Crippen molar-refractivity contribution in [3.8, 4) is 0 Å². The molecule has 1 aromatic carbocycles. The topological polar surface area (TPSA) is 73.1 Å². The lowest BCUT2D eigenvalue weighted by Gasteiger charge is -2.27. The van der Waals surface area contributed by atoms with E-state index in [4.69, 9.17) is 23.8 Å². The molecule has 3 aromatic rings. The first-order valence-electron chi connectivity index (χ1n) is 10.1. The van der Waals surface area contributed by atoms with Gasteiger partial charge >= 0.3 is 0 Å². The number of hydrogen-bond acceptors (Lipinski definition) is 3. The van der Waals surface area contributed by atoms with Crippen molar-refractivity contribution in [1.82, 2.24) is 15.3 Å². The third-order valence-electron chi connectivity index (χ3n) is 5.28.